The highest BCUT2D eigenvalue weighted by atomic mass is 16.5. The predicted molar refractivity (Wildman–Crippen MR) is 138 cm³/mol. The van der Waals surface area contributed by atoms with Crippen molar-refractivity contribution in [3.63, 3.8) is 0 Å². The molecule has 3 heteroatoms. The number of aryl methyl sites for hydroxylation is 1. The van der Waals surface area contributed by atoms with Gasteiger partial charge >= 0.3 is 0 Å². The van der Waals surface area contributed by atoms with E-state index in [4.69, 9.17) is 9.47 Å². The van der Waals surface area contributed by atoms with Crippen LogP contribution in [0.5, 0.6) is 23.0 Å². The van der Waals surface area contributed by atoms with Gasteiger partial charge in [-0.2, -0.15) is 0 Å². The SMILES string of the molecule is C/C=C/c1ccc(Oc2ccc(C(=O)c3ccc(Oc4ccc(CCC)cc4)cc3)cc2)cc1. The average molecular weight is 449 g/mol. The van der Waals surface area contributed by atoms with Gasteiger partial charge in [-0.25, -0.2) is 0 Å². The molecule has 0 aliphatic heterocycles. The highest BCUT2D eigenvalue weighted by molar-refractivity contribution is 6.09. The molecule has 0 spiro atoms. The lowest BCUT2D eigenvalue weighted by Crippen LogP contribution is -2.01. The maximum Gasteiger partial charge on any atom is 0.193 e. The van der Waals surface area contributed by atoms with E-state index < -0.39 is 0 Å². The highest BCUT2D eigenvalue weighted by Gasteiger charge is 2.10. The molecule has 0 radical (unpaired) electrons. The zero-order valence-electron chi connectivity index (χ0n) is 19.5. The van der Waals surface area contributed by atoms with Crippen LogP contribution < -0.4 is 9.47 Å². The molecular formula is C31H28O3. The van der Waals surface area contributed by atoms with Gasteiger partial charge < -0.3 is 9.47 Å². The highest BCUT2D eigenvalue weighted by Crippen LogP contribution is 2.25. The maximum atomic E-state index is 12.9. The van der Waals surface area contributed by atoms with Crippen LogP contribution >= 0.6 is 0 Å². The van der Waals surface area contributed by atoms with E-state index in [2.05, 4.69) is 19.1 Å². The van der Waals surface area contributed by atoms with E-state index in [0.717, 1.165) is 29.9 Å². The van der Waals surface area contributed by atoms with Crippen molar-refractivity contribution in [3.05, 3.63) is 125 Å². The second-order valence-corrected chi connectivity index (χ2v) is 8.04. The van der Waals surface area contributed by atoms with E-state index in [1.54, 1.807) is 24.3 Å². The Morgan fingerprint density at radius 3 is 1.47 bits per heavy atom. The van der Waals surface area contributed by atoms with Crippen LogP contribution in [-0.4, -0.2) is 5.78 Å². The summed E-state index contributed by atoms with van der Waals surface area (Å²) < 4.78 is 11.8. The molecule has 0 aliphatic carbocycles. The molecule has 0 bridgehead atoms. The van der Waals surface area contributed by atoms with Crippen molar-refractivity contribution in [2.24, 2.45) is 0 Å². The number of ether oxygens (including phenoxy) is 2. The van der Waals surface area contributed by atoms with Crippen LogP contribution in [0.4, 0.5) is 0 Å². The van der Waals surface area contributed by atoms with Crippen molar-refractivity contribution >= 4 is 11.9 Å². The van der Waals surface area contributed by atoms with E-state index in [1.807, 2.05) is 79.7 Å². The van der Waals surface area contributed by atoms with E-state index in [1.165, 1.54) is 5.56 Å². The molecule has 0 aliphatic rings. The van der Waals surface area contributed by atoms with E-state index in [-0.39, 0.29) is 5.78 Å². The van der Waals surface area contributed by atoms with Crippen LogP contribution in [0.2, 0.25) is 0 Å². The Balaban J connectivity index is 1.37. The first kappa shape index (κ1) is 23.1. The molecule has 0 fully saturated rings. The monoisotopic (exact) mass is 448 g/mol. The number of allylic oxidation sites excluding steroid dienone is 1. The minimum absolute atomic E-state index is 0.0438. The van der Waals surface area contributed by atoms with Gasteiger partial charge in [-0.05, 0) is 97.3 Å². The van der Waals surface area contributed by atoms with Crippen molar-refractivity contribution < 1.29 is 14.3 Å². The van der Waals surface area contributed by atoms with Crippen molar-refractivity contribution in [1.29, 1.82) is 0 Å². The normalized spacial score (nSPS) is 10.9. The molecule has 4 rings (SSSR count). The minimum Gasteiger partial charge on any atom is -0.457 e. The molecule has 0 unspecified atom stereocenters. The lowest BCUT2D eigenvalue weighted by molar-refractivity contribution is 0.103. The third-order valence-corrected chi connectivity index (χ3v) is 5.41. The summed E-state index contributed by atoms with van der Waals surface area (Å²) in [5.74, 6) is 2.87. The summed E-state index contributed by atoms with van der Waals surface area (Å²) in [7, 11) is 0. The number of hydrogen-bond acceptors (Lipinski definition) is 3. The largest absolute Gasteiger partial charge is 0.457 e. The molecule has 170 valence electrons. The first-order valence-corrected chi connectivity index (χ1v) is 11.6. The van der Waals surface area contributed by atoms with E-state index in [9.17, 15) is 4.79 Å². The predicted octanol–water partition coefficient (Wildman–Crippen LogP) is 8.49. The van der Waals surface area contributed by atoms with Gasteiger partial charge in [0.25, 0.3) is 0 Å². The first-order chi connectivity index (χ1) is 16.6. The van der Waals surface area contributed by atoms with Gasteiger partial charge in [-0.3, -0.25) is 4.79 Å². The summed E-state index contributed by atoms with van der Waals surface area (Å²) in [5.41, 5.74) is 3.64. The number of hydrogen-bond donors (Lipinski definition) is 0. The summed E-state index contributed by atoms with van der Waals surface area (Å²) in [6, 6.07) is 30.4. The van der Waals surface area contributed by atoms with Crippen molar-refractivity contribution in [1.82, 2.24) is 0 Å². The minimum atomic E-state index is -0.0438. The van der Waals surface area contributed by atoms with E-state index in [0.29, 0.717) is 22.6 Å². The Morgan fingerprint density at radius 1 is 0.647 bits per heavy atom. The van der Waals surface area contributed by atoms with Crippen LogP contribution in [0.3, 0.4) is 0 Å². The van der Waals surface area contributed by atoms with Crippen LogP contribution in [-0.2, 0) is 6.42 Å². The number of rotatable bonds is 9. The Bertz CT molecular complexity index is 1230. The second-order valence-electron chi connectivity index (χ2n) is 8.04. The maximum absolute atomic E-state index is 12.9. The summed E-state index contributed by atoms with van der Waals surface area (Å²) in [6.07, 6.45) is 6.22. The molecule has 34 heavy (non-hydrogen) atoms. The van der Waals surface area contributed by atoms with Gasteiger partial charge in [0.15, 0.2) is 5.78 Å². The standard InChI is InChI=1S/C31H28O3/c1-3-5-23-7-15-27(16-8-23)33-29-19-11-25(12-20-29)31(32)26-13-21-30(22-14-26)34-28-17-9-24(6-4-2)10-18-28/h3,5,7-22H,4,6H2,1-2H3/b5-3+. The Kier molecular flexibility index (Phi) is 7.56. The molecule has 3 nitrogen and oxygen atoms in total. The number of carbonyl (C=O) groups excluding carboxylic acids is 1. The van der Waals surface area contributed by atoms with Gasteiger partial charge in [0, 0.05) is 11.1 Å². The lowest BCUT2D eigenvalue weighted by Gasteiger charge is -2.09. The third-order valence-electron chi connectivity index (χ3n) is 5.41. The van der Waals surface area contributed by atoms with Gasteiger partial charge in [0.05, 0.1) is 0 Å². The van der Waals surface area contributed by atoms with Crippen molar-refractivity contribution in [2.45, 2.75) is 26.7 Å². The van der Waals surface area contributed by atoms with Crippen molar-refractivity contribution in [2.75, 3.05) is 0 Å². The van der Waals surface area contributed by atoms with Gasteiger partial charge in [0.2, 0.25) is 0 Å². The molecule has 0 atom stereocenters. The fourth-order valence-corrected chi connectivity index (χ4v) is 3.64. The van der Waals surface area contributed by atoms with Crippen LogP contribution in [0.1, 0.15) is 47.3 Å². The zero-order chi connectivity index (χ0) is 23.8. The molecule has 4 aromatic rings. The topological polar surface area (TPSA) is 35.5 Å². The lowest BCUT2D eigenvalue weighted by atomic mass is 10.0. The quantitative estimate of drug-likeness (QED) is 0.241. The third kappa shape index (κ3) is 6.02. The summed E-state index contributed by atoms with van der Waals surface area (Å²) in [4.78, 5) is 12.9. The summed E-state index contributed by atoms with van der Waals surface area (Å²) in [5, 5.41) is 0. The van der Waals surface area contributed by atoms with Crippen LogP contribution in [0.15, 0.2) is 103 Å². The smallest absolute Gasteiger partial charge is 0.193 e. The fourth-order valence-electron chi connectivity index (χ4n) is 3.64. The Morgan fingerprint density at radius 2 is 1.06 bits per heavy atom. The molecule has 0 N–H and O–H groups in total. The molecule has 0 heterocycles. The first-order valence-electron chi connectivity index (χ1n) is 11.6. The van der Waals surface area contributed by atoms with Crippen LogP contribution in [0, 0.1) is 0 Å². The number of carbonyl (C=O) groups is 1. The molecular weight excluding hydrogens is 420 g/mol. The van der Waals surface area contributed by atoms with Crippen molar-refractivity contribution in [3.8, 4) is 23.0 Å². The summed E-state index contributed by atoms with van der Waals surface area (Å²) in [6.45, 7) is 4.16. The summed E-state index contributed by atoms with van der Waals surface area (Å²) >= 11 is 0. The van der Waals surface area contributed by atoms with Crippen LogP contribution in [0.25, 0.3) is 6.08 Å². The van der Waals surface area contributed by atoms with Gasteiger partial charge in [-0.15, -0.1) is 0 Å². The number of ketones is 1. The molecule has 0 amide bonds. The average Bonchev–Trinajstić information content (AvgIpc) is 2.87. The fraction of sp³-hybridized carbons (Fsp3) is 0.129. The Labute approximate surface area is 201 Å². The zero-order valence-corrected chi connectivity index (χ0v) is 19.5. The van der Waals surface area contributed by atoms with Gasteiger partial charge in [0.1, 0.15) is 23.0 Å². The molecule has 0 saturated heterocycles. The van der Waals surface area contributed by atoms with Gasteiger partial charge in [-0.1, -0.05) is 49.8 Å². The van der Waals surface area contributed by atoms with E-state index >= 15 is 0 Å². The molecule has 0 aromatic heterocycles. The molecule has 4 aromatic carbocycles. The Hall–Kier alpha value is -4.11. The number of benzene rings is 4. The second kappa shape index (κ2) is 11.2. The molecule has 0 saturated carbocycles.